The van der Waals surface area contributed by atoms with Crippen LogP contribution < -0.4 is 5.32 Å². The van der Waals surface area contributed by atoms with Gasteiger partial charge in [-0.25, -0.2) is 14.1 Å². The number of carbonyl (C=O) groups is 1. The SMILES string of the molecule is CCCc1nc(C(=O)NCC2(CO)CC2)nn1-c1ccccc1F. The summed E-state index contributed by atoms with van der Waals surface area (Å²) >= 11 is 0. The summed E-state index contributed by atoms with van der Waals surface area (Å²) < 4.78 is 15.4. The number of carbonyl (C=O) groups excluding carboxylic acids is 1. The first kappa shape index (κ1) is 16.6. The zero-order valence-electron chi connectivity index (χ0n) is 13.6. The van der Waals surface area contributed by atoms with E-state index in [2.05, 4.69) is 15.4 Å². The first-order valence-corrected chi connectivity index (χ1v) is 8.18. The van der Waals surface area contributed by atoms with E-state index in [0.29, 0.717) is 18.8 Å². The third kappa shape index (κ3) is 3.31. The minimum absolute atomic E-state index is 0.0236. The summed E-state index contributed by atoms with van der Waals surface area (Å²) in [6, 6.07) is 6.28. The summed E-state index contributed by atoms with van der Waals surface area (Å²) in [5.74, 6) is -0.238. The standard InChI is InChI=1S/C17H21FN4O2/c1-2-5-14-20-15(16(24)19-10-17(11-23)8-9-17)21-22(14)13-7-4-3-6-12(13)18/h3-4,6-7,23H,2,5,8-11H2,1H3,(H,19,24). The molecule has 1 aliphatic rings. The molecule has 128 valence electrons. The van der Waals surface area contributed by atoms with Crippen molar-refractivity contribution < 1.29 is 14.3 Å². The van der Waals surface area contributed by atoms with E-state index in [4.69, 9.17) is 0 Å². The topological polar surface area (TPSA) is 80.0 Å². The smallest absolute Gasteiger partial charge is 0.291 e. The van der Waals surface area contributed by atoms with Crippen LogP contribution in [0.1, 0.15) is 42.6 Å². The molecular weight excluding hydrogens is 311 g/mol. The van der Waals surface area contributed by atoms with Gasteiger partial charge in [-0.05, 0) is 31.4 Å². The van der Waals surface area contributed by atoms with Crippen molar-refractivity contribution in [2.24, 2.45) is 5.41 Å². The second-order valence-corrected chi connectivity index (χ2v) is 6.31. The van der Waals surface area contributed by atoms with Crippen molar-refractivity contribution in [3.8, 4) is 5.69 Å². The molecule has 0 saturated heterocycles. The number of aromatic nitrogens is 3. The third-order valence-electron chi connectivity index (χ3n) is 4.35. The molecule has 1 aromatic carbocycles. The minimum atomic E-state index is -0.413. The zero-order valence-corrected chi connectivity index (χ0v) is 13.6. The van der Waals surface area contributed by atoms with Crippen LogP contribution in [0.15, 0.2) is 24.3 Å². The van der Waals surface area contributed by atoms with Gasteiger partial charge in [-0.1, -0.05) is 19.1 Å². The lowest BCUT2D eigenvalue weighted by Crippen LogP contribution is -2.32. The quantitative estimate of drug-likeness (QED) is 0.811. The Morgan fingerprint density at radius 1 is 1.42 bits per heavy atom. The van der Waals surface area contributed by atoms with Crippen molar-refractivity contribution in [1.29, 1.82) is 0 Å². The Hall–Kier alpha value is -2.28. The van der Waals surface area contributed by atoms with E-state index in [-0.39, 0.29) is 23.5 Å². The average Bonchev–Trinajstić information content (AvgIpc) is 3.26. The molecule has 1 aromatic heterocycles. The van der Waals surface area contributed by atoms with Crippen LogP contribution in [0.25, 0.3) is 5.69 Å². The molecule has 2 N–H and O–H groups in total. The Kier molecular flexibility index (Phi) is 4.62. The van der Waals surface area contributed by atoms with Crippen molar-refractivity contribution in [1.82, 2.24) is 20.1 Å². The van der Waals surface area contributed by atoms with Gasteiger partial charge in [0.15, 0.2) is 0 Å². The van der Waals surface area contributed by atoms with E-state index in [9.17, 15) is 14.3 Å². The number of aryl methyl sites for hydroxylation is 1. The molecule has 0 radical (unpaired) electrons. The normalized spacial score (nSPS) is 15.3. The Balaban J connectivity index is 1.83. The van der Waals surface area contributed by atoms with E-state index < -0.39 is 11.7 Å². The van der Waals surface area contributed by atoms with Gasteiger partial charge in [0.2, 0.25) is 5.82 Å². The van der Waals surface area contributed by atoms with Gasteiger partial charge in [0.05, 0.1) is 6.61 Å². The molecule has 0 atom stereocenters. The lowest BCUT2D eigenvalue weighted by atomic mass is 10.1. The van der Waals surface area contributed by atoms with E-state index in [0.717, 1.165) is 19.3 Å². The van der Waals surface area contributed by atoms with Gasteiger partial charge in [-0.2, -0.15) is 0 Å². The fraction of sp³-hybridized carbons (Fsp3) is 0.471. The lowest BCUT2D eigenvalue weighted by molar-refractivity contribution is 0.0924. The molecule has 0 aliphatic heterocycles. The van der Waals surface area contributed by atoms with Crippen LogP contribution in [0.2, 0.25) is 0 Å². The Bertz CT molecular complexity index is 740. The number of benzene rings is 1. The van der Waals surface area contributed by atoms with Crippen LogP contribution >= 0.6 is 0 Å². The van der Waals surface area contributed by atoms with E-state index in [1.807, 2.05) is 6.92 Å². The molecule has 1 saturated carbocycles. The molecule has 0 unspecified atom stereocenters. The number of hydrogen-bond donors (Lipinski definition) is 2. The first-order valence-electron chi connectivity index (χ1n) is 8.18. The van der Waals surface area contributed by atoms with Gasteiger partial charge >= 0.3 is 0 Å². The van der Waals surface area contributed by atoms with E-state index in [1.165, 1.54) is 10.7 Å². The van der Waals surface area contributed by atoms with Gasteiger partial charge in [-0.3, -0.25) is 4.79 Å². The maximum absolute atomic E-state index is 14.0. The molecule has 1 amide bonds. The summed E-state index contributed by atoms with van der Waals surface area (Å²) in [4.78, 5) is 16.6. The predicted octanol–water partition coefficient (Wildman–Crippen LogP) is 1.86. The molecule has 7 heteroatoms. The maximum atomic E-state index is 14.0. The van der Waals surface area contributed by atoms with Crippen LogP contribution in [0, 0.1) is 11.2 Å². The highest BCUT2D eigenvalue weighted by Crippen LogP contribution is 2.44. The molecule has 1 aliphatic carbocycles. The number of halogens is 1. The number of nitrogens with zero attached hydrogens (tertiary/aromatic N) is 3. The van der Waals surface area contributed by atoms with Gasteiger partial charge in [-0.15, -0.1) is 5.10 Å². The van der Waals surface area contributed by atoms with Gasteiger partial charge in [0.1, 0.15) is 17.3 Å². The zero-order chi connectivity index (χ0) is 17.2. The second kappa shape index (κ2) is 6.68. The van der Waals surface area contributed by atoms with Crippen molar-refractivity contribution in [3.63, 3.8) is 0 Å². The Morgan fingerprint density at radius 3 is 2.79 bits per heavy atom. The highest BCUT2D eigenvalue weighted by molar-refractivity contribution is 5.90. The maximum Gasteiger partial charge on any atom is 0.291 e. The summed E-state index contributed by atoms with van der Waals surface area (Å²) in [5.41, 5.74) is 0.0947. The minimum Gasteiger partial charge on any atom is -0.396 e. The van der Waals surface area contributed by atoms with Crippen molar-refractivity contribution in [2.45, 2.75) is 32.6 Å². The predicted molar refractivity (Wildman–Crippen MR) is 86.4 cm³/mol. The van der Waals surface area contributed by atoms with Gasteiger partial charge < -0.3 is 10.4 Å². The van der Waals surface area contributed by atoms with Crippen LogP contribution in [0.4, 0.5) is 4.39 Å². The average molecular weight is 332 g/mol. The van der Waals surface area contributed by atoms with Crippen LogP contribution in [-0.4, -0.2) is 38.9 Å². The molecule has 24 heavy (non-hydrogen) atoms. The number of hydrogen-bond acceptors (Lipinski definition) is 4. The monoisotopic (exact) mass is 332 g/mol. The van der Waals surface area contributed by atoms with Crippen molar-refractivity contribution >= 4 is 5.91 Å². The molecule has 0 spiro atoms. The molecular formula is C17H21FN4O2. The first-order chi connectivity index (χ1) is 11.6. The van der Waals surface area contributed by atoms with Crippen molar-refractivity contribution in [2.75, 3.05) is 13.2 Å². The Labute approximate surface area is 139 Å². The van der Waals surface area contributed by atoms with Crippen molar-refractivity contribution in [3.05, 3.63) is 41.7 Å². The largest absolute Gasteiger partial charge is 0.396 e. The molecule has 1 heterocycles. The molecule has 2 aromatic rings. The van der Waals surface area contributed by atoms with Gasteiger partial charge in [0.25, 0.3) is 5.91 Å². The lowest BCUT2D eigenvalue weighted by Gasteiger charge is -2.11. The number of aliphatic hydroxyl groups is 1. The second-order valence-electron chi connectivity index (χ2n) is 6.31. The Morgan fingerprint density at radius 2 is 2.17 bits per heavy atom. The van der Waals surface area contributed by atoms with E-state index >= 15 is 0 Å². The summed E-state index contributed by atoms with van der Waals surface area (Å²) in [7, 11) is 0. The number of aliphatic hydroxyl groups excluding tert-OH is 1. The number of para-hydroxylation sites is 1. The molecule has 3 rings (SSSR count). The van der Waals surface area contributed by atoms with Crippen LogP contribution in [0.3, 0.4) is 0 Å². The summed E-state index contributed by atoms with van der Waals surface area (Å²) in [5, 5.41) is 16.3. The van der Waals surface area contributed by atoms with Crippen LogP contribution in [-0.2, 0) is 6.42 Å². The highest BCUT2D eigenvalue weighted by atomic mass is 19.1. The fourth-order valence-electron chi connectivity index (χ4n) is 2.56. The van der Waals surface area contributed by atoms with Crippen LogP contribution in [0.5, 0.6) is 0 Å². The molecule has 0 bridgehead atoms. The fourth-order valence-corrected chi connectivity index (χ4v) is 2.56. The van der Waals surface area contributed by atoms with Gasteiger partial charge in [0, 0.05) is 18.4 Å². The molecule has 6 nitrogen and oxygen atoms in total. The number of amides is 1. The highest BCUT2D eigenvalue weighted by Gasteiger charge is 2.42. The molecule has 1 fully saturated rings. The number of nitrogens with one attached hydrogen (secondary N) is 1. The summed E-state index contributed by atoms with van der Waals surface area (Å²) in [6.07, 6.45) is 3.21. The third-order valence-corrected chi connectivity index (χ3v) is 4.35. The number of rotatable bonds is 7. The van der Waals surface area contributed by atoms with E-state index in [1.54, 1.807) is 18.2 Å². The summed E-state index contributed by atoms with van der Waals surface area (Å²) in [6.45, 7) is 2.45.